The molecule has 2 heterocycles. The summed E-state index contributed by atoms with van der Waals surface area (Å²) in [5.74, 6) is 0.970. The average molecular weight is 399 g/mol. The van der Waals surface area contributed by atoms with Gasteiger partial charge in [-0.15, -0.1) is 0 Å². The van der Waals surface area contributed by atoms with Gasteiger partial charge in [0.15, 0.2) is 0 Å². The molecule has 1 atom stereocenters. The minimum atomic E-state index is -0.506. The van der Waals surface area contributed by atoms with E-state index in [1.807, 2.05) is 35.2 Å². The van der Waals surface area contributed by atoms with E-state index in [1.54, 1.807) is 6.33 Å². The summed E-state index contributed by atoms with van der Waals surface area (Å²) in [5.41, 5.74) is 11.0. The quantitative estimate of drug-likeness (QED) is 0.730. The third-order valence-corrected chi connectivity index (χ3v) is 6.10. The fourth-order valence-corrected chi connectivity index (χ4v) is 4.49. The second-order valence-electron chi connectivity index (χ2n) is 7.93. The number of fused-ring (bicyclic) bond motifs is 2. The van der Waals surface area contributed by atoms with E-state index in [9.17, 15) is 4.79 Å². The summed E-state index contributed by atoms with van der Waals surface area (Å²) >= 11 is 0. The SMILES string of the molecule is NC(CC1=CCc2ccccc21)C(=O)N1CCN(c2ncnc3ccccc23)CC1. The molecule has 0 saturated carbocycles. The van der Waals surface area contributed by atoms with E-state index in [0.29, 0.717) is 19.5 Å². The normalized spacial score (nSPS) is 17.0. The summed E-state index contributed by atoms with van der Waals surface area (Å²) in [6.45, 7) is 2.79. The third-order valence-electron chi connectivity index (χ3n) is 6.10. The lowest BCUT2D eigenvalue weighted by atomic mass is 9.99. The Morgan fingerprint density at radius 1 is 1.00 bits per heavy atom. The number of carbonyl (C=O) groups excluding carboxylic acids is 1. The number of para-hydroxylation sites is 1. The second-order valence-corrected chi connectivity index (χ2v) is 7.93. The van der Waals surface area contributed by atoms with Gasteiger partial charge in [0.1, 0.15) is 12.1 Å². The highest BCUT2D eigenvalue weighted by atomic mass is 16.2. The number of nitrogens with two attached hydrogens (primary N) is 1. The van der Waals surface area contributed by atoms with Gasteiger partial charge in [-0.05, 0) is 41.7 Å². The molecular weight excluding hydrogens is 374 g/mol. The maximum atomic E-state index is 13.0. The highest BCUT2D eigenvalue weighted by molar-refractivity contribution is 5.89. The first-order valence-electron chi connectivity index (χ1n) is 10.5. The second kappa shape index (κ2) is 7.88. The molecule has 2 aliphatic rings. The zero-order valence-corrected chi connectivity index (χ0v) is 16.9. The molecule has 1 fully saturated rings. The van der Waals surface area contributed by atoms with E-state index < -0.39 is 6.04 Å². The smallest absolute Gasteiger partial charge is 0.239 e. The molecule has 6 nitrogen and oxygen atoms in total. The van der Waals surface area contributed by atoms with Crippen molar-refractivity contribution in [1.82, 2.24) is 14.9 Å². The molecule has 5 rings (SSSR count). The summed E-state index contributed by atoms with van der Waals surface area (Å²) in [4.78, 5) is 26.0. The van der Waals surface area contributed by atoms with Gasteiger partial charge in [-0.1, -0.05) is 42.5 Å². The molecule has 2 N–H and O–H groups in total. The fourth-order valence-electron chi connectivity index (χ4n) is 4.49. The largest absolute Gasteiger partial charge is 0.352 e. The van der Waals surface area contributed by atoms with Crippen molar-refractivity contribution in [2.75, 3.05) is 31.1 Å². The van der Waals surface area contributed by atoms with E-state index in [4.69, 9.17) is 5.73 Å². The van der Waals surface area contributed by atoms with Gasteiger partial charge in [0.05, 0.1) is 11.6 Å². The number of allylic oxidation sites excluding steroid dienone is 1. The molecule has 0 radical (unpaired) electrons. The number of piperazine rings is 1. The molecular formula is C24H25N5O. The summed E-state index contributed by atoms with van der Waals surface area (Å²) in [6, 6.07) is 15.9. The Hall–Kier alpha value is -3.25. The minimum Gasteiger partial charge on any atom is -0.352 e. The monoisotopic (exact) mass is 399 g/mol. The van der Waals surface area contributed by atoms with Crippen LogP contribution < -0.4 is 10.6 Å². The lowest BCUT2D eigenvalue weighted by Gasteiger charge is -2.36. The van der Waals surface area contributed by atoms with Crippen LogP contribution in [0.4, 0.5) is 5.82 Å². The Morgan fingerprint density at radius 2 is 1.77 bits per heavy atom. The number of anilines is 1. The van der Waals surface area contributed by atoms with Gasteiger partial charge >= 0.3 is 0 Å². The van der Waals surface area contributed by atoms with Crippen LogP contribution in [-0.4, -0.2) is 53.0 Å². The van der Waals surface area contributed by atoms with Gasteiger partial charge in [-0.25, -0.2) is 9.97 Å². The van der Waals surface area contributed by atoms with Crippen molar-refractivity contribution in [1.29, 1.82) is 0 Å². The molecule has 2 aromatic carbocycles. The van der Waals surface area contributed by atoms with Crippen LogP contribution in [-0.2, 0) is 11.2 Å². The van der Waals surface area contributed by atoms with Crippen molar-refractivity contribution in [3.63, 3.8) is 0 Å². The van der Waals surface area contributed by atoms with Gasteiger partial charge in [-0.2, -0.15) is 0 Å². The van der Waals surface area contributed by atoms with Crippen molar-refractivity contribution < 1.29 is 4.79 Å². The fraction of sp³-hybridized carbons (Fsp3) is 0.292. The van der Waals surface area contributed by atoms with Crippen LogP contribution >= 0.6 is 0 Å². The van der Waals surface area contributed by atoms with Crippen molar-refractivity contribution in [2.45, 2.75) is 18.9 Å². The zero-order valence-electron chi connectivity index (χ0n) is 16.9. The molecule has 1 aliphatic heterocycles. The zero-order chi connectivity index (χ0) is 20.5. The van der Waals surface area contributed by atoms with Crippen LogP contribution in [0.15, 0.2) is 60.9 Å². The predicted molar refractivity (Wildman–Crippen MR) is 119 cm³/mol. The Balaban J connectivity index is 1.23. The van der Waals surface area contributed by atoms with E-state index in [-0.39, 0.29) is 5.91 Å². The van der Waals surface area contributed by atoms with Crippen molar-refractivity contribution >= 4 is 28.2 Å². The molecule has 152 valence electrons. The molecule has 0 spiro atoms. The summed E-state index contributed by atoms with van der Waals surface area (Å²) in [6.07, 6.45) is 5.33. The van der Waals surface area contributed by atoms with E-state index in [0.717, 1.165) is 36.2 Å². The van der Waals surface area contributed by atoms with Gasteiger partial charge in [0.25, 0.3) is 0 Å². The first-order valence-corrected chi connectivity index (χ1v) is 10.5. The Morgan fingerprint density at radius 3 is 2.63 bits per heavy atom. The van der Waals surface area contributed by atoms with Gasteiger partial charge < -0.3 is 15.5 Å². The van der Waals surface area contributed by atoms with Gasteiger partial charge in [0.2, 0.25) is 5.91 Å². The third kappa shape index (κ3) is 3.44. The minimum absolute atomic E-state index is 0.0347. The molecule has 1 amide bonds. The van der Waals surface area contributed by atoms with Crippen molar-refractivity contribution in [3.05, 3.63) is 72.1 Å². The molecule has 1 aromatic heterocycles. The summed E-state index contributed by atoms with van der Waals surface area (Å²) in [7, 11) is 0. The number of hydrogen-bond acceptors (Lipinski definition) is 5. The molecule has 6 heteroatoms. The standard InChI is InChI=1S/C24H25N5O/c25-21(15-18-10-9-17-5-1-2-6-19(17)18)24(30)29-13-11-28(12-14-29)23-20-7-3-4-8-22(20)26-16-27-23/h1-8,10,16,21H,9,11-15,25H2. The molecule has 1 saturated heterocycles. The molecule has 1 unspecified atom stereocenters. The van der Waals surface area contributed by atoms with Gasteiger partial charge in [-0.3, -0.25) is 4.79 Å². The van der Waals surface area contributed by atoms with Crippen molar-refractivity contribution in [2.24, 2.45) is 5.73 Å². The molecule has 0 bridgehead atoms. The average Bonchev–Trinajstić information content (AvgIpc) is 3.21. The Bertz CT molecular complexity index is 1110. The predicted octanol–water partition coefficient (Wildman–Crippen LogP) is 2.64. The molecule has 30 heavy (non-hydrogen) atoms. The van der Waals surface area contributed by atoms with Crippen LogP contribution in [0.25, 0.3) is 16.5 Å². The van der Waals surface area contributed by atoms with Crippen LogP contribution in [0.1, 0.15) is 17.5 Å². The van der Waals surface area contributed by atoms with Crippen LogP contribution in [0, 0.1) is 0 Å². The summed E-state index contributed by atoms with van der Waals surface area (Å²) in [5, 5.41) is 1.04. The number of hydrogen-bond donors (Lipinski definition) is 1. The number of carbonyl (C=O) groups is 1. The Kier molecular flexibility index (Phi) is 4.93. The van der Waals surface area contributed by atoms with Gasteiger partial charge in [0, 0.05) is 31.6 Å². The lowest BCUT2D eigenvalue weighted by Crippen LogP contribution is -2.53. The van der Waals surface area contributed by atoms with Crippen molar-refractivity contribution in [3.8, 4) is 0 Å². The number of rotatable bonds is 4. The van der Waals surface area contributed by atoms with E-state index >= 15 is 0 Å². The van der Waals surface area contributed by atoms with E-state index in [2.05, 4.69) is 39.1 Å². The molecule has 3 aromatic rings. The highest BCUT2D eigenvalue weighted by Crippen LogP contribution is 2.30. The number of nitrogens with zero attached hydrogens (tertiary/aromatic N) is 4. The Labute approximate surface area is 176 Å². The number of aromatic nitrogens is 2. The van der Waals surface area contributed by atoms with Crippen LogP contribution in [0.5, 0.6) is 0 Å². The maximum Gasteiger partial charge on any atom is 0.239 e. The first-order chi connectivity index (χ1) is 14.7. The number of amides is 1. The van der Waals surface area contributed by atoms with E-state index in [1.165, 1.54) is 16.7 Å². The number of benzene rings is 2. The summed E-state index contributed by atoms with van der Waals surface area (Å²) < 4.78 is 0. The molecule has 1 aliphatic carbocycles. The first kappa shape index (κ1) is 18.8. The lowest BCUT2D eigenvalue weighted by molar-refractivity contribution is -0.132. The highest BCUT2D eigenvalue weighted by Gasteiger charge is 2.28. The van der Waals surface area contributed by atoms with Crippen LogP contribution in [0.2, 0.25) is 0 Å². The topological polar surface area (TPSA) is 75.4 Å². The maximum absolute atomic E-state index is 13.0. The van der Waals surface area contributed by atoms with Crippen LogP contribution in [0.3, 0.4) is 0 Å².